The van der Waals surface area contributed by atoms with E-state index in [9.17, 15) is 10.1 Å². The lowest BCUT2D eigenvalue weighted by atomic mass is 10.2. The average Bonchev–Trinajstić information content (AvgIpc) is 2.85. The quantitative estimate of drug-likeness (QED) is 0.628. The van der Waals surface area contributed by atoms with Gasteiger partial charge in [0, 0.05) is 12.6 Å². The number of hydrogen-bond donors (Lipinski definition) is 1. The summed E-state index contributed by atoms with van der Waals surface area (Å²) >= 11 is 0. The van der Waals surface area contributed by atoms with E-state index in [4.69, 9.17) is 10.5 Å². The molecule has 0 saturated carbocycles. The van der Waals surface area contributed by atoms with Gasteiger partial charge in [-0.25, -0.2) is 4.68 Å². The highest BCUT2D eigenvalue weighted by Gasteiger charge is 2.11. The Morgan fingerprint density at radius 2 is 2.26 bits per heavy atom. The minimum atomic E-state index is -0.460. The van der Waals surface area contributed by atoms with E-state index in [-0.39, 0.29) is 5.69 Å². The van der Waals surface area contributed by atoms with E-state index < -0.39 is 4.92 Å². The van der Waals surface area contributed by atoms with Crippen LogP contribution in [0.3, 0.4) is 0 Å². The Morgan fingerprint density at radius 3 is 2.84 bits per heavy atom. The van der Waals surface area contributed by atoms with E-state index in [0.29, 0.717) is 30.1 Å². The van der Waals surface area contributed by atoms with Gasteiger partial charge in [-0.05, 0) is 11.6 Å². The molecule has 0 radical (unpaired) electrons. The van der Waals surface area contributed by atoms with Crippen molar-refractivity contribution in [1.29, 1.82) is 0 Å². The molecule has 0 aliphatic rings. The lowest BCUT2D eigenvalue weighted by Gasteiger charge is -2.05. The summed E-state index contributed by atoms with van der Waals surface area (Å²) in [4.78, 5) is 10.4. The second-order valence-corrected chi connectivity index (χ2v) is 3.91. The van der Waals surface area contributed by atoms with Crippen LogP contribution >= 0.6 is 0 Å². The molecule has 8 nitrogen and oxygen atoms in total. The van der Waals surface area contributed by atoms with E-state index in [1.807, 2.05) is 0 Å². The summed E-state index contributed by atoms with van der Waals surface area (Å²) in [7, 11) is 1.46. The number of non-ortho nitro benzene ring substituents is 1. The fourth-order valence-electron chi connectivity index (χ4n) is 1.65. The molecule has 1 aromatic heterocycles. The second kappa shape index (κ2) is 5.44. The lowest BCUT2D eigenvalue weighted by molar-refractivity contribution is -0.385. The molecule has 0 unspecified atom stereocenters. The van der Waals surface area contributed by atoms with Gasteiger partial charge in [-0.3, -0.25) is 10.1 Å². The summed E-state index contributed by atoms with van der Waals surface area (Å²) < 4.78 is 6.61. The first-order chi connectivity index (χ1) is 9.12. The highest BCUT2D eigenvalue weighted by atomic mass is 16.6. The molecule has 2 rings (SSSR count). The molecule has 100 valence electrons. The SMILES string of the molecule is COc1cc(Cn2cc(CN)nn2)cc([N+](=O)[O-])c1. The molecular formula is C11H13N5O3. The van der Waals surface area contributed by atoms with Gasteiger partial charge in [0.05, 0.1) is 36.5 Å². The molecule has 0 atom stereocenters. The molecule has 2 aromatic rings. The number of nitro benzene ring substituents is 1. The fourth-order valence-corrected chi connectivity index (χ4v) is 1.65. The predicted molar refractivity (Wildman–Crippen MR) is 66.7 cm³/mol. The number of nitrogens with zero attached hydrogens (tertiary/aromatic N) is 4. The molecule has 0 aliphatic carbocycles. The van der Waals surface area contributed by atoms with E-state index in [0.717, 1.165) is 0 Å². The van der Waals surface area contributed by atoms with Gasteiger partial charge in [-0.2, -0.15) is 0 Å². The van der Waals surface area contributed by atoms with Crippen LogP contribution in [0.2, 0.25) is 0 Å². The van der Waals surface area contributed by atoms with Crippen molar-refractivity contribution < 1.29 is 9.66 Å². The molecule has 1 heterocycles. The molecule has 0 saturated heterocycles. The average molecular weight is 263 g/mol. The van der Waals surface area contributed by atoms with Crippen molar-refractivity contribution in [1.82, 2.24) is 15.0 Å². The Balaban J connectivity index is 2.28. The monoisotopic (exact) mass is 263 g/mol. The summed E-state index contributed by atoms with van der Waals surface area (Å²) in [6.07, 6.45) is 1.70. The molecule has 0 spiro atoms. The maximum atomic E-state index is 10.8. The first-order valence-corrected chi connectivity index (χ1v) is 5.54. The number of ether oxygens (including phenoxy) is 1. The Kier molecular flexibility index (Phi) is 3.71. The van der Waals surface area contributed by atoms with Gasteiger partial charge in [-0.1, -0.05) is 5.21 Å². The van der Waals surface area contributed by atoms with Crippen LogP contribution < -0.4 is 10.5 Å². The van der Waals surface area contributed by atoms with E-state index >= 15 is 0 Å². The number of aromatic nitrogens is 3. The Bertz CT molecular complexity index is 596. The lowest BCUT2D eigenvalue weighted by Crippen LogP contribution is -2.02. The molecule has 0 bridgehead atoms. The molecule has 0 aliphatic heterocycles. The van der Waals surface area contributed by atoms with Gasteiger partial charge in [0.25, 0.3) is 5.69 Å². The standard InChI is InChI=1S/C11H13N5O3/c1-19-11-3-8(2-10(4-11)16(17)18)6-15-7-9(5-12)13-14-15/h2-4,7H,5-6,12H2,1H3. The zero-order chi connectivity index (χ0) is 13.8. The third-order valence-corrected chi connectivity index (χ3v) is 2.54. The second-order valence-electron chi connectivity index (χ2n) is 3.91. The molecule has 0 amide bonds. The predicted octanol–water partition coefficient (Wildman–Crippen LogP) is 0.702. The van der Waals surface area contributed by atoms with Crippen LogP contribution in [0.15, 0.2) is 24.4 Å². The van der Waals surface area contributed by atoms with Gasteiger partial charge in [0.15, 0.2) is 0 Å². The van der Waals surface area contributed by atoms with Crippen LogP contribution in [0.5, 0.6) is 5.75 Å². The zero-order valence-electron chi connectivity index (χ0n) is 10.3. The third-order valence-electron chi connectivity index (χ3n) is 2.54. The van der Waals surface area contributed by atoms with Crippen molar-refractivity contribution in [2.24, 2.45) is 5.73 Å². The minimum absolute atomic E-state index is 0.0199. The molecular weight excluding hydrogens is 250 g/mol. The van der Waals surface area contributed by atoms with Crippen LogP contribution in [0.25, 0.3) is 0 Å². The van der Waals surface area contributed by atoms with Crippen LogP contribution in [0.4, 0.5) is 5.69 Å². The first-order valence-electron chi connectivity index (χ1n) is 5.54. The van der Waals surface area contributed by atoms with Crippen molar-refractivity contribution in [2.45, 2.75) is 13.1 Å². The van der Waals surface area contributed by atoms with Gasteiger partial charge in [0.2, 0.25) is 0 Å². The number of rotatable bonds is 5. The smallest absolute Gasteiger partial charge is 0.273 e. The Morgan fingerprint density at radius 1 is 1.47 bits per heavy atom. The van der Waals surface area contributed by atoms with Gasteiger partial charge in [0.1, 0.15) is 5.75 Å². The molecule has 0 fully saturated rings. The number of methoxy groups -OCH3 is 1. The van der Waals surface area contributed by atoms with Gasteiger partial charge < -0.3 is 10.5 Å². The highest BCUT2D eigenvalue weighted by Crippen LogP contribution is 2.22. The molecule has 19 heavy (non-hydrogen) atoms. The van der Waals surface area contributed by atoms with E-state index in [2.05, 4.69) is 10.3 Å². The van der Waals surface area contributed by atoms with Crippen molar-refractivity contribution in [3.63, 3.8) is 0 Å². The normalized spacial score (nSPS) is 10.4. The summed E-state index contributed by atoms with van der Waals surface area (Å²) in [5.41, 5.74) is 6.79. The number of nitrogens with two attached hydrogens (primary N) is 1. The van der Waals surface area contributed by atoms with E-state index in [1.165, 1.54) is 19.2 Å². The minimum Gasteiger partial charge on any atom is -0.496 e. The van der Waals surface area contributed by atoms with Crippen molar-refractivity contribution in [3.05, 3.63) is 45.8 Å². The maximum absolute atomic E-state index is 10.8. The van der Waals surface area contributed by atoms with Crippen LogP contribution in [0.1, 0.15) is 11.3 Å². The Hall–Kier alpha value is -2.48. The first kappa shape index (κ1) is 13.0. The summed E-state index contributed by atoms with van der Waals surface area (Å²) in [5, 5.41) is 18.6. The van der Waals surface area contributed by atoms with Gasteiger partial charge >= 0.3 is 0 Å². The topological polar surface area (TPSA) is 109 Å². The van der Waals surface area contributed by atoms with Crippen molar-refractivity contribution in [3.8, 4) is 5.75 Å². The van der Waals surface area contributed by atoms with Gasteiger partial charge in [-0.15, -0.1) is 5.10 Å². The number of hydrogen-bond acceptors (Lipinski definition) is 6. The fraction of sp³-hybridized carbons (Fsp3) is 0.273. The van der Waals surface area contributed by atoms with Crippen molar-refractivity contribution in [2.75, 3.05) is 7.11 Å². The van der Waals surface area contributed by atoms with E-state index in [1.54, 1.807) is 16.9 Å². The number of benzene rings is 1. The molecule has 2 N–H and O–H groups in total. The largest absolute Gasteiger partial charge is 0.496 e. The highest BCUT2D eigenvalue weighted by molar-refractivity contribution is 5.42. The van der Waals surface area contributed by atoms with Crippen LogP contribution in [-0.4, -0.2) is 27.0 Å². The zero-order valence-corrected chi connectivity index (χ0v) is 10.3. The number of nitro groups is 1. The summed E-state index contributed by atoms with van der Waals surface area (Å²) in [5.74, 6) is 0.434. The summed E-state index contributed by atoms with van der Waals surface area (Å²) in [6, 6.07) is 4.57. The molecule has 8 heteroatoms. The van der Waals surface area contributed by atoms with Crippen molar-refractivity contribution >= 4 is 5.69 Å². The Labute approximate surface area is 108 Å². The molecule has 1 aromatic carbocycles. The maximum Gasteiger partial charge on any atom is 0.273 e. The van der Waals surface area contributed by atoms with Crippen LogP contribution in [-0.2, 0) is 13.1 Å². The van der Waals surface area contributed by atoms with Crippen LogP contribution in [0, 0.1) is 10.1 Å². The third kappa shape index (κ3) is 3.05. The summed E-state index contributed by atoms with van der Waals surface area (Å²) in [6.45, 7) is 0.670.